The highest BCUT2D eigenvalue weighted by atomic mass is 16.7. The van der Waals surface area contributed by atoms with Gasteiger partial charge in [-0.25, -0.2) is 4.79 Å². The number of fused-ring (bicyclic) bond motifs is 4. The molecule has 6 atom stereocenters. The summed E-state index contributed by atoms with van der Waals surface area (Å²) in [6, 6.07) is 7.39. The monoisotopic (exact) mass is 430 g/mol. The molecule has 2 aromatic rings. The van der Waals surface area contributed by atoms with Gasteiger partial charge in [0.1, 0.15) is 24.1 Å². The van der Waals surface area contributed by atoms with Crippen molar-refractivity contribution in [3.05, 3.63) is 62.4 Å². The lowest BCUT2D eigenvalue weighted by Crippen LogP contribution is -2.64. The highest BCUT2D eigenvalue weighted by Gasteiger charge is 2.53. The number of rotatable bonds is 4. The molecule has 3 fully saturated rings. The molecule has 3 aliphatic rings. The van der Waals surface area contributed by atoms with Crippen LogP contribution in [0.25, 0.3) is 0 Å². The van der Waals surface area contributed by atoms with Gasteiger partial charge in [-0.05, 0) is 31.0 Å². The molecule has 3 saturated heterocycles. The zero-order valence-corrected chi connectivity index (χ0v) is 17.5. The third-order valence-corrected chi connectivity index (χ3v) is 6.25. The van der Waals surface area contributed by atoms with Crippen molar-refractivity contribution < 1.29 is 23.7 Å². The number of hydrogen-bond acceptors (Lipinski definition) is 7. The van der Waals surface area contributed by atoms with Crippen LogP contribution < -0.4 is 16.0 Å². The smallest absolute Gasteiger partial charge is 0.328 e. The van der Waals surface area contributed by atoms with Crippen molar-refractivity contribution in [2.24, 2.45) is 0 Å². The Labute approximate surface area is 178 Å². The van der Waals surface area contributed by atoms with Crippen LogP contribution in [0.15, 0.2) is 40.1 Å². The first-order valence-corrected chi connectivity index (χ1v) is 10.5. The van der Waals surface area contributed by atoms with Crippen LogP contribution in [0.4, 0.5) is 0 Å². The number of H-pyrrole nitrogens is 1. The second-order valence-electron chi connectivity index (χ2n) is 8.22. The Balaban J connectivity index is 1.38. The number of ether oxygens (including phenoxy) is 5. The maximum Gasteiger partial charge on any atom is 0.328 e. The van der Waals surface area contributed by atoms with Crippen LogP contribution in [-0.4, -0.2) is 60.6 Å². The highest BCUT2D eigenvalue weighted by molar-refractivity contribution is 5.27. The normalized spacial score (nSPS) is 32.3. The summed E-state index contributed by atoms with van der Waals surface area (Å²) in [5.74, 6) is 0.793. The van der Waals surface area contributed by atoms with Crippen LogP contribution in [0.5, 0.6) is 5.75 Å². The second-order valence-corrected chi connectivity index (χ2v) is 8.22. The average Bonchev–Trinajstić information content (AvgIpc) is 2.77. The first kappa shape index (κ1) is 20.4. The summed E-state index contributed by atoms with van der Waals surface area (Å²) in [6.45, 7) is 2.60. The maximum absolute atomic E-state index is 12.6. The minimum atomic E-state index is -0.468. The second kappa shape index (κ2) is 8.23. The Bertz CT molecular complexity index is 1050. The summed E-state index contributed by atoms with van der Waals surface area (Å²) < 4.78 is 31.3. The predicted molar refractivity (Wildman–Crippen MR) is 109 cm³/mol. The van der Waals surface area contributed by atoms with Gasteiger partial charge in [-0.3, -0.25) is 14.3 Å². The van der Waals surface area contributed by atoms with Gasteiger partial charge >= 0.3 is 5.69 Å². The maximum atomic E-state index is 12.6. The molecule has 31 heavy (non-hydrogen) atoms. The molecule has 0 spiro atoms. The highest BCUT2D eigenvalue weighted by Crippen LogP contribution is 2.40. The van der Waals surface area contributed by atoms with E-state index in [2.05, 4.69) is 4.98 Å². The van der Waals surface area contributed by atoms with E-state index in [4.69, 9.17) is 23.7 Å². The van der Waals surface area contributed by atoms with Crippen molar-refractivity contribution in [2.75, 3.05) is 20.3 Å². The number of benzene rings is 1. The van der Waals surface area contributed by atoms with Gasteiger partial charge in [0.05, 0.1) is 25.9 Å². The van der Waals surface area contributed by atoms with Crippen molar-refractivity contribution >= 4 is 0 Å². The van der Waals surface area contributed by atoms with Crippen LogP contribution in [0.3, 0.4) is 0 Å². The lowest BCUT2D eigenvalue weighted by molar-refractivity contribution is -0.333. The van der Waals surface area contributed by atoms with Gasteiger partial charge < -0.3 is 23.7 Å². The minimum Gasteiger partial charge on any atom is -0.497 e. The molecule has 1 aromatic carbocycles. The molecule has 2 bridgehead atoms. The largest absolute Gasteiger partial charge is 0.497 e. The summed E-state index contributed by atoms with van der Waals surface area (Å²) in [4.78, 5) is 26.8. The zero-order chi connectivity index (χ0) is 21.5. The van der Waals surface area contributed by atoms with Crippen molar-refractivity contribution in [3.63, 3.8) is 0 Å². The van der Waals surface area contributed by atoms with Crippen LogP contribution >= 0.6 is 0 Å². The van der Waals surface area contributed by atoms with Crippen molar-refractivity contribution in [1.29, 1.82) is 0 Å². The molecule has 166 valence electrons. The molecule has 5 rings (SSSR count). The molecule has 9 heteroatoms. The van der Waals surface area contributed by atoms with Crippen LogP contribution in [0, 0.1) is 6.92 Å². The molecule has 0 amide bonds. The topological polar surface area (TPSA) is 101 Å². The molecular formula is C22H26N2O7. The van der Waals surface area contributed by atoms with E-state index in [0.29, 0.717) is 31.6 Å². The fourth-order valence-corrected chi connectivity index (χ4v) is 4.67. The molecule has 4 unspecified atom stereocenters. The van der Waals surface area contributed by atoms with Crippen molar-refractivity contribution in [3.8, 4) is 5.75 Å². The fraction of sp³-hybridized carbons (Fsp3) is 0.545. The fourth-order valence-electron chi connectivity index (χ4n) is 4.67. The Morgan fingerprint density at radius 3 is 2.68 bits per heavy atom. The van der Waals surface area contributed by atoms with E-state index in [1.54, 1.807) is 20.2 Å². The molecular weight excluding hydrogens is 404 g/mol. The lowest BCUT2D eigenvalue weighted by Gasteiger charge is -2.52. The Kier molecular flexibility index (Phi) is 5.43. The number of aromatic amines is 1. The SMILES string of the molecule is COc1ccc(CC2OC[C@H]3OC4CCOC(C3O2)[C@@H]4n2cc(C)c(=O)[nH]c2=O)cc1. The molecule has 0 aliphatic carbocycles. The third kappa shape index (κ3) is 3.82. The van der Waals surface area contributed by atoms with Gasteiger partial charge in [-0.15, -0.1) is 0 Å². The van der Waals surface area contributed by atoms with Crippen molar-refractivity contribution in [2.45, 2.75) is 56.5 Å². The van der Waals surface area contributed by atoms with E-state index in [1.807, 2.05) is 24.3 Å². The van der Waals surface area contributed by atoms with Crippen LogP contribution in [0.1, 0.15) is 23.6 Å². The summed E-state index contributed by atoms with van der Waals surface area (Å²) >= 11 is 0. The Morgan fingerprint density at radius 1 is 1.10 bits per heavy atom. The number of methoxy groups -OCH3 is 1. The van der Waals surface area contributed by atoms with E-state index in [0.717, 1.165) is 11.3 Å². The van der Waals surface area contributed by atoms with E-state index in [1.165, 1.54) is 4.57 Å². The number of aromatic nitrogens is 2. The number of nitrogens with one attached hydrogen (secondary N) is 1. The van der Waals surface area contributed by atoms with Gasteiger partial charge in [0.25, 0.3) is 5.56 Å². The van der Waals surface area contributed by atoms with Gasteiger partial charge in [0.15, 0.2) is 6.29 Å². The summed E-state index contributed by atoms with van der Waals surface area (Å²) in [5, 5.41) is 0. The first-order chi connectivity index (χ1) is 15.0. The summed E-state index contributed by atoms with van der Waals surface area (Å²) in [5.41, 5.74) is 0.673. The summed E-state index contributed by atoms with van der Waals surface area (Å²) in [6.07, 6.45) is 1.14. The Hall–Kier alpha value is -2.46. The van der Waals surface area contributed by atoms with E-state index >= 15 is 0 Å². The predicted octanol–water partition coefficient (Wildman–Crippen LogP) is 0.935. The van der Waals surface area contributed by atoms with E-state index < -0.39 is 12.0 Å². The van der Waals surface area contributed by atoms with Gasteiger partial charge in [-0.1, -0.05) is 12.1 Å². The number of aryl methyl sites for hydroxylation is 1. The average molecular weight is 430 g/mol. The quantitative estimate of drug-likeness (QED) is 0.770. The molecule has 3 aliphatic heterocycles. The Morgan fingerprint density at radius 2 is 1.90 bits per heavy atom. The van der Waals surface area contributed by atoms with Crippen LogP contribution in [-0.2, 0) is 25.4 Å². The number of nitrogens with zero attached hydrogens (tertiary/aromatic N) is 1. The van der Waals surface area contributed by atoms with Crippen LogP contribution in [0.2, 0.25) is 0 Å². The number of hydrogen-bond donors (Lipinski definition) is 1. The summed E-state index contributed by atoms with van der Waals surface area (Å²) in [7, 11) is 1.63. The molecule has 0 saturated carbocycles. The van der Waals surface area contributed by atoms with Gasteiger partial charge in [0, 0.05) is 24.8 Å². The van der Waals surface area contributed by atoms with Crippen molar-refractivity contribution in [1.82, 2.24) is 9.55 Å². The van der Waals surface area contributed by atoms with E-state index in [9.17, 15) is 9.59 Å². The molecule has 1 aromatic heterocycles. The standard InChI is InChI=1S/C22H26N2O7/c1-12-10-24(22(26)23-21(12)25)18-15-7-8-28-20(18)19-16(30-15)11-29-17(31-19)9-13-3-5-14(27-2)6-4-13/h3-6,10,15-20H,7-9,11H2,1-2H3,(H,23,25,26)/t15?,16-,17?,18-,19?,20?/m1/s1. The lowest BCUT2D eigenvalue weighted by atomic mass is 9.88. The molecule has 0 radical (unpaired) electrons. The molecule has 1 N–H and O–H groups in total. The minimum absolute atomic E-state index is 0.214. The van der Waals surface area contributed by atoms with Gasteiger partial charge in [0.2, 0.25) is 0 Å². The molecule has 9 nitrogen and oxygen atoms in total. The first-order valence-electron chi connectivity index (χ1n) is 10.5. The molecule has 4 heterocycles. The van der Waals surface area contributed by atoms with E-state index in [-0.39, 0.29) is 36.0 Å². The zero-order valence-electron chi connectivity index (χ0n) is 17.5. The van der Waals surface area contributed by atoms with Gasteiger partial charge in [-0.2, -0.15) is 0 Å². The third-order valence-electron chi connectivity index (χ3n) is 6.25.